The van der Waals surface area contributed by atoms with Gasteiger partial charge in [-0.3, -0.25) is 4.79 Å². The maximum absolute atomic E-state index is 13.1. The highest BCUT2D eigenvalue weighted by Gasteiger charge is 2.54. The standard InChI is InChI=1S/C17H12F3NOS/c18-17(19,20)12-5-3-4-11(10-12)16-14-7-2-1-6-13(14)15(22)21(16)8-9-23-16/h1-7,10H,8-9H2/t16-/m0/s1. The zero-order valence-corrected chi connectivity index (χ0v) is 12.7. The lowest BCUT2D eigenvalue weighted by molar-refractivity contribution is -0.137. The Morgan fingerprint density at radius 3 is 2.65 bits per heavy atom. The van der Waals surface area contributed by atoms with E-state index >= 15 is 0 Å². The predicted molar refractivity (Wildman–Crippen MR) is 82.2 cm³/mol. The van der Waals surface area contributed by atoms with Crippen molar-refractivity contribution in [2.75, 3.05) is 12.3 Å². The molecule has 0 saturated carbocycles. The highest BCUT2D eigenvalue weighted by molar-refractivity contribution is 8.00. The van der Waals surface area contributed by atoms with Gasteiger partial charge in [-0.25, -0.2) is 0 Å². The number of thioether (sulfide) groups is 1. The number of rotatable bonds is 1. The van der Waals surface area contributed by atoms with E-state index < -0.39 is 16.6 Å². The van der Waals surface area contributed by atoms with Crippen LogP contribution < -0.4 is 0 Å². The minimum Gasteiger partial charge on any atom is -0.315 e. The molecule has 1 fully saturated rings. The van der Waals surface area contributed by atoms with Crippen LogP contribution in [-0.2, 0) is 11.0 Å². The largest absolute Gasteiger partial charge is 0.416 e. The van der Waals surface area contributed by atoms with Crippen LogP contribution in [0.2, 0.25) is 0 Å². The second kappa shape index (κ2) is 4.77. The Labute approximate surface area is 135 Å². The van der Waals surface area contributed by atoms with Gasteiger partial charge in [0.1, 0.15) is 4.87 Å². The van der Waals surface area contributed by atoms with Crippen molar-refractivity contribution in [2.24, 2.45) is 0 Å². The maximum atomic E-state index is 13.1. The molecule has 4 rings (SSSR count). The van der Waals surface area contributed by atoms with Gasteiger partial charge in [-0.2, -0.15) is 13.2 Å². The molecule has 0 N–H and O–H groups in total. The van der Waals surface area contributed by atoms with Gasteiger partial charge < -0.3 is 4.90 Å². The molecule has 6 heteroatoms. The number of carbonyl (C=O) groups excluding carboxylic acids is 1. The Morgan fingerprint density at radius 2 is 1.87 bits per heavy atom. The molecule has 1 atom stereocenters. The third-order valence-electron chi connectivity index (χ3n) is 4.35. The molecule has 2 aromatic carbocycles. The average molecular weight is 335 g/mol. The van der Waals surface area contributed by atoms with Gasteiger partial charge in [-0.05, 0) is 23.8 Å². The lowest BCUT2D eigenvalue weighted by atomic mass is 9.95. The Balaban J connectivity index is 1.95. The van der Waals surface area contributed by atoms with Gasteiger partial charge in [-0.15, -0.1) is 11.8 Å². The highest BCUT2D eigenvalue weighted by atomic mass is 32.2. The topological polar surface area (TPSA) is 20.3 Å². The van der Waals surface area contributed by atoms with E-state index in [0.29, 0.717) is 23.4 Å². The summed E-state index contributed by atoms with van der Waals surface area (Å²) >= 11 is 1.52. The van der Waals surface area contributed by atoms with Crippen molar-refractivity contribution in [1.29, 1.82) is 0 Å². The molecule has 1 amide bonds. The molecule has 2 nitrogen and oxygen atoms in total. The van der Waals surface area contributed by atoms with E-state index in [1.54, 1.807) is 23.1 Å². The third kappa shape index (κ3) is 1.94. The number of amides is 1. The van der Waals surface area contributed by atoms with Crippen LogP contribution in [-0.4, -0.2) is 23.1 Å². The fourth-order valence-corrected chi connectivity index (χ4v) is 4.93. The minimum atomic E-state index is -4.40. The Bertz CT molecular complexity index is 804. The monoisotopic (exact) mass is 335 g/mol. The summed E-state index contributed by atoms with van der Waals surface area (Å²) in [6.45, 7) is 0.536. The molecule has 23 heavy (non-hydrogen) atoms. The van der Waals surface area contributed by atoms with Crippen molar-refractivity contribution in [3.8, 4) is 0 Å². The summed E-state index contributed by atoms with van der Waals surface area (Å²) in [4.78, 5) is 13.5. The Morgan fingerprint density at radius 1 is 1.09 bits per heavy atom. The highest BCUT2D eigenvalue weighted by Crippen LogP contribution is 2.55. The van der Waals surface area contributed by atoms with Crippen molar-refractivity contribution in [3.05, 3.63) is 70.8 Å². The summed E-state index contributed by atoms with van der Waals surface area (Å²) in [6.07, 6.45) is -4.40. The molecule has 0 bridgehead atoms. The lowest BCUT2D eigenvalue weighted by Gasteiger charge is -2.33. The normalized spacial score (nSPS) is 23.1. The van der Waals surface area contributed by atoms with Crippen LogP contribution >= 0.6 is 11.8 Å². The van der Waals surface area contributed by atoms with E-state index in [1.165, 1.54) is 23.9 Å². The number of alkyl halides is 3. The van der Waals surface area contributed by atoms with E-state index in [1.807, 2.05) is 12.1 Å². The molecule has 0 aliphatic carbocycles. The zero-order chi connectivity index (χ0) is 16.2. The van der Waals surface area contributed by atoms with E-state index in [9.17, 15) is 18.0 Å². The summed E-state index contributed by atoms with van der Waals surface area (Å²) in [5.74, 6) is 0.596. The maximum Gasteiger partial charge on any atom is 0.416 e. The van der Waals surface area contributed by atoms with Gasteiger partial charge in [0.2, 0.25) is 0 Å². The van der Waals surface area contributed by atoms with Crippen LogP contribution in [0.5, 0.6) is 0 Å². The van der Waals surface area contributed by atoms with Crippen LogP contribution in [0, 0.1) is 0 Å². The average Bonchev–Trinajstić information content (AvgIpc) is 3.07. The number of benzene rings is 2. The van der Waals surface area contributed by atoms with Crippen molar-refractivity contribution in [2.45, 2.75) is 11.0 Å². The molecule has 0 spiro atoms. The van der Waals surface area contributed by atoms with E-state index in [0.717, 1.165) is 11.6 Å². The molecule has 0 radical (unpaired) electrons. The molecule has 2 aromatic rings. The van der Waals surface area contributed by atoms with Gasteiger partial charge in [0.05, 0.1) is 5.56 Å². The van der Waals surface area contributed by atoms with Crippen LogP contribution in [0.3, 0.4) is 0 Å². The van der Waals surface area contributed by atoms with Gasteiger partial charge in [-0.1, -0.05) is 30.3 Å². The number of carbonyl (C=O) groups is 1. The fourth-order valence-electron chi connectivity index (χ4n) is 3.40. The number of hydrogen-bond donors (Lipinski definition) is 0. The van der Waals surface area contributed by atoms with Crippen molar-refractivity contribution in [1.82, 2.24) is 4.90 Å². The lowest BCUT2D eigenvalue weighted by Crippen LogP contribution is -2.37. The summed E-state index contributed by atoms with van der Waals surface area (Å²) < 4.78 is 39.2. The summed E-state index contributed by atoms with van der Waals surface area (Å²) in [5.41, 5.74) is 1.19. The second-order valence-corrected chi connectivity index (χ2v) is 6.86. The summed E-state index contributed by atoms with van der Waals surface area (Å²) in [7, 11) is 0. The summed E-state index contributed by atoms with van der Waals surface area (Å²) in [5, 5.41) is 0. The first-order valence-electron chi connectivity index (χ1n) is 7.18. The first-order valence-corrected chi connectivity index (χ1v) is 8.16. The van der Waals surface area contributed by atoms with Crippen LogP contribution in [0.15, 0.2) is 48.5 Å². The zero-order valence-electron chi connectivity index (χ0n) is 11.9. The number of fused-ring (bicyclic) bond motifs is 3. The van der Waals surface area contributed by atoms with Gasteiger partial charge in [0.25, 0.3) is 5.91 Å². The number of nitrogens with zero attached hydrogens (tertiary/aromatic N) is 1. The van der Waals surface area contributed by atoms with E-state index in [4.69, 9.17) is 0 Å². The minimum absolute atomic E-state index is 0.108. The molecule has 2 aliphatic heterocycles. The molecule has 0 aromatic heterocycles. The van der Waals surface area contributed by atoms with Crippen LogP contribution in [0.4, 0.5) is 13.2 Å². The fraction of sp³-hybridized carbons (Fsp3) is 0.235. The summed E-state index contributed by atoms with van der Waals surface area (Å²) in [6, 6.07) is 12.5. The third-order valence-corrected chi connectivity index (χ3v) is 5.84. The smallest absolute Gasteiger partial charge is 0.315 e. The van der Waals surface area contributed by atoms with Gasteiger partial charge >= 0.3 is 6.18 Å². The second-order valence-electron chi connectivity index (χ2n) is 5.57. The van der Waals surface area contributed by atoms with Gasteiger partial charge in [0.15, 0.2) is 0 Å². The quantitative estimate of drug-likeness (QED) is 0.782. The number of halogens is 3. The molecule has 118 valence electrons. The molecular weight excluding hydrogens is 323 g/mol. The Kier molecular flexibility index (Phi) is 3.04. The molecule has 2 aliphatic rings. The SMILES string of the molecule is O=C1c2ccccc2[C@]2(c3cccc(C(F)(F)F)c3)SCCN12. The molecule has 1 saturated heterocycles. The van der Waals surface area contributed by atoms with Crippen LogP contribution in [0.1, 0.15) is 27.0 Å². The first-order chi connectivity index (χ1) is 10.9. The van der Waals surface area contributed by atoms with Crippen molar-refractivity contribution >= 4 is 17.7 Å². The Hall–Kier alpha value is -1.95. The van der Waals surface area contributed by atoms with E-state index in [-0.39, 0.29) is 5.91 Å². The number of hydrogen-bond acceptors (Lipinski definition) is 2. The first kappa shape index (κ1) is 14.6. The predicted octanol–water partition coefficient (Wildman–Crippen LogP) is 4.11. The van der Waals surface area contributed by atoms with E-state index in [2.05, 4.69) is 0 Å². The van der Waals surface area contributed by atoms with Crippen LogP contribution in [0.25, 0.3) is 0 Å². The molecular formula is C17H12F3NOS. The van der Waals surface area contributed by atoms with Crippen molar-refractivity contribution < 1.29 is 18.0 Å². The van der Waals surface area contributed by atoms with Gasteiger partial charge in [0, 0.05) is 23.4 Å². The molecule has 0 unspecified atom stereocenters. The molecule has 2 heterocycles. The van der Waals surface area contributed by atoms with Crippen molar-refractivity contribution in [3.63, 3.8) is 0 Å².